The van der Waals surface area contributed by atoms with Gasteiger partial charge in [0.1, 0.15) is 18.1 Å². The van der Waals surface area contributed by atoms with Crippen molar-refractivity contribution in [1.29, 1.82) is 5.26 Å². The maximum atomic E-state index is 10.9. The van der Waals surface area contributed by atoms with Gasteiger partial charge in [-0.15, -0.1) is 0 Å². The highest BCUT2D eigenvalue weighted by Gasteiger charge is 2.08. The molecule has 4 nitrogen and oxygen atoms in total. The average molecular weight is 290 g/mol. The average Bonchev–Trinajstić information content (AvgIpc) is 2.97. The zero-order chi connectivity index (χ0) is 15.4. The third-order valence-electron chi connectivity index (χ3n) is 3.48. The lowest BCUT2D eigenvalue weighted by Gasteiger charge is -2.10. The summed E-state index contributed by atoms with van der Waals surface area (Å²) in [5.74, 6) is 0.690. The van der Waals surface area contributed by atoms with Crippen molar-refractivity contribution in [2.24, 2.45) is 0 Å². The van der Waals surface area contributed by atoms with Crippen LogP contribution in [0.3, 0.4) is 0 Å². The van der Waals surface area contributed by atoms with Crippen LogP contribution in [-0.2, 0) is 6.54 Å². The Morgan fingerprint density at radius 3 is 2.86 bits per heavy atom. The molecule has 1 heterocycles. The van der Waals surface area contributed by atoms with Gasteiger partial charge in [0.2, 0.25) is 0 Å². The van der Waals surface area contributed by atoms with Crippen molar-refractivity contribution in [3.63, 3.8) is 0 Å². The second kappa shape index (κ2) is 6.15. The van der Waals surface area contributed by atoms with Gasteiger partial charge >= 0.3 is 0 Å². The van der Waals surface area contributed by atoms with E-state index in [1.165, 1.54) is 0 Å². The Hall–Kier alpha value is -3.06. The van der Waals surface area contributed by atoms with Crippen LogP contribution in [0.15, 0.2) is 54.7 Å². The molecule has 0 atom stereocenters. The molecule has 108 valence electrons. The Labute approximate surface area is 128 Å². The van der Waals surface area contributed by atoms with E-state index in [2.05, 4.69) is 4.57 Å². The molecule has 3 aromatic rings. The number of carbonyl (C=O) groups excluding carboxylic acids is 1. The summed E-state index contributed by atoms with van der Waals surface area (Å²) in [4.78, 5) is 10.9. The van der Waals surface area contributed by atoms with Crippen molar-refractivity contribution in [2.75, 3.05) is 6.61 Å². The summed E-state index contributed by atoms with van der Waals surface area (Å²) < 4.78 is 7.57. The minimum absolute atomic E-state index is 0.0188. The summed E-state index contributed by atoms with van der Waals surface area (Å²) in [6, 6.07) is 17.3. The lowest BCUT2D eigenvalue weighted by Crippen LogP contribution is -2.01. The standard InChI is InChI=1S/C18H14N2O2/c19-8-10-22-17-6-2-5-16-7-9-20(18(16)17)12-14-3-1-4-15(11-14)13-21/h1-7,9,11,13H,10,12H2. The molecule has 0 aliphatic carbocycles. The van der Waals surface area contributed by atoms with Gasteiger partial charge in [-0.05, 0) is 23.8 Å². The van der Waals surface area contributed by atoms with Gasteiger partial charge in [0.25, 0.3) is 0 Å². The number of hydrogen-bond acceptors (Lipinski definition) is 3. The first-order valence-corrected chi connectivity index (χ1v) is 6.93. The second-order valence-corrected chi connectivity index (χ2v) is 4.95. The van der Waals surface area contributed by atoms with Crippen LogP contribution in [0.4, 0.5) is 0 Å². The van der Waals surface area contributed by atoms with E-state index < -0.39 is 0 Å². The molecule has 0 N–H and O–H groups in total. The van der Waals surface area contributed by atoms with Crippen molar-refractivity contribution < 1.29 is 9.53 Å². The fourth-order valence-corrected chi connectivity index (χ4v) is 2.55. The van der Waals surface area contributed by atoms with Gasteiger partial charge in [0.05, 0.1) is 5.52 Å². The molecule has 1 aromatic heterocycles. The Bertz CT molecular complexity index is 859. The number of fused-ring (bicyclic) bond motifs is 1. The third kappa shape index (κ3) is 2.70. The number of nitrogens with zero attached hydrogens (tertiary/aromatic N) is 2. The number of rotatable bonds is 5. The number of nitriles is 1. The number of aldehydes is 1. The van der Waals surface area contributed by atoms with Crippen molar-refractivity contribution in [3.8, 4) is 11.8 Å². The van der Waals surface area contributed by atoms with Gasteiger partial charge in [-0.2, -0.15) is 5.26 Å². The van der Waals surface area contributed by atoms with Gasteiger partial charge in [-0.25, -0.2) is 0 Å². The molecule has 0 aliphatic heterocycles. The predicted molar refractivity (Wildman–Crippen MR) is 84.0 cm³/mol. The van der Waals surface area contributed by atoms with Crippen molar-refractivity contribution in [1.82, 2.24) is 4.57 Å². The maximum absolute atomic E-state index is 10.9. The first-order chi connectivity index (χ1) is 10.8. The molecule has 0 aliphatic rings. The molecule has 3 rings (SSSR count). The molecule has 0 amide bonds. The first-order valence-electron chi connectivity index (χ1n) is 6.93. The van der Waals surface area contributed by atoms with Crippen LogP contribution in [0.2, 0.25) is 0 Å². The monoisotopic (exact) mass is 290 g/mol. The maximum Gasteiger partial charge on any atom is 0.174 e. The van der Waals surface area contributed by atoms with Crippen LogP contribution in [0, 0.1) is 11.3 Å². The van der Waals surface area contributed by atoms with Crippen LogP contribution >= 0.6 is 0 Å². The number of para-hydroxylation sites is 1. The van der Waals surface area contributed by atoms with Crippen molar-refractivity contribution in [3.05, 3.63) is 65.9 Å². The van der Waals surface area contributed by atoms with E-state index in [1.54, 1.807) is 6.07 Å². The summed E-state index contributed by atoms with van der Waals surface area (Å²) in [6.45, 7) is 0.656. The zero-order valence-electron chi connectivity index (χ0n) is 11.9. The molecule has 22 heavy (non-hydrogen) atoms. The van der Waals surface area contributed by atoms with Crippen molar-refractivity contribution >= 4 is 17.2 Å². The van der Waals surface area contributed by atoms with Crippen LogP contribution in [0.25, 0.3) is 10.9 Å². The molecular weight excluding hydrogens is 276 g/mol. The van der Waals surface area contributed by atoms with Gasteiger partial charge < -0.3 is 9.30 Å². The van der Waals surface area contributed by atoms with E-state index in [1.807, 2.05) is 54.7 Å². The highest BCUT2D eigenvalue weighted by atomic mass is 16.5. The smallest absolute Gasteiger partial charge is 0.174 e. The van der Waals surface area contributed by atoms with E-state index in [9.17, 15) is 4.79 Å². The molecule has 0 unspecified atom stereocenters. The molecule has 4 heteroatoms. The van der Waals surface area contributed by atoms with Gasteiger partial charge in [-0.3, -0.25) is 4.79 Å². The largest absolute Gasteiger partial charge is 0.477 e. The number of ether oxygens (including phenoxy) is 1. The van der Waals surface area contributed by atoms with E-state index in [0.717, 1.165) is 22.8 Å². The van der Waals surface area contributed by atoms with Crippen LogP contribution in [0.5, 0.6) is 5.75 Å². The van der Waals surface area contributed by atoms with Gasteiger partial charge in [-0.1, -0.05) is 30.3 Å². The summed E-state index contributed by atoms with van der Waals surface area (Å²) in [7, 11) is 0. The number of carbonyl (C=O) groups is 1. The number of hydrogen-bond donors (Lipinski definition) is 0. The first kappa shape index (κ1) is 13.9. The molecule has 2 aromatic carbocycles. The van der Waals surface area contributed by atoms with Crippen LogP contribution in [0.1, 0.15) is 15.9 Å². The molecule has 0 bridgehead atoms. The van der Waals surface area contributed by atoms with E-state index in [-0.39, 0.29) is 6.61 Å². The molecule has 0 spiro atoms. The Balaban J connectivity index is 2.00. The van der Waals surface area contributed by atoms with E-state index in [4.69, 9.17) is 10.00 Å². The van der Waals surface area contributed by atoms with Crippen LogP contribution < -0.4 is 4.74 Å². The number of benzene rings is 2. The Morgan fingerprint density at radius 2 is 2.05 bits per heavy atom. The molecule has 0 saturated carbocycles. The lowest BCUT2D eigenvalue weighted by atomic mass is 10.1. The van der Waals surface area contributed by atoms with Gasteiger partial charge in [0, 0.05) is 23.7 Å². The Morgan fingerprint density at radius 1 is 1.18 bits per heavy atom. The number of aromatic nitrogens is 1. The zero-order valence-corrected chi connectivity index (χ0v) is 11.9. The molecule has 0 fully saturated rings. The predicted octanol–water partition coefficient (Wildman–Crippen LogP) is 3.40. The molecule has 0 radical (unpaired) electrons. The van der Waals surface area contributed by atoms with Crippen molar-refractivity contribution in [2.45, 2.75) is 6.54 Å². The summed E-state index contributed by atoms with van der Waals surface area (Å²) in [6.07, 6.45) is 2.83. The fraction of sp³-hybridized carbons (Fsp3) is 0.111. The molecule has 0 saturated heterocycles. The minimum atomic E-state index is 0.0188. The molecular formula is C18H14N2O2. The third-order valence-corrected chi connectivity index (χ3v) is 3.48. The lowest BCUT2D eigenvalue weighted by molar-refractivity contribution is 0.112. The summed E-state index contributed by atoms with van der Waals surface area (Å²) in [5, 5.41) is 9.75. The van der Waals surface area contributed by atoms with E-state index in [0.29, 0.717) is 17.9 Å². The summed E-state index contributed by atoms with van der Waals surface area (Å²) in [5.41, 5.74) is 2.65. The highest BCUT2D eigenvalue weighted by Crippen LogP contribution is 2.27. The summed E-state index contributed by atoms with van der Waals surface area (Å²) >= 11 is 0. The second-order valence-electron chi connectivity index (χ2n) is 4.95. The van der Waals surface area contributed by atoms with Crippen LogP contribution in [-0.4, -0.2) is 17.5 Å². The van der Waals surface area contributed by atoms with E-state index >= 15 is 0 Å². The quantitative estimate of drug-likeness (QED) is 0.677. The Kier molecular flexibility index (Phi) is 3.88. The highest BCUT2D eigenvalue weighted by molar-refractivity contribution is 5.86. The normalized spacial score (nSPS) is 10.3. The minimum Gasteiger partial charge on any atom is -0.477 e. The fourth-order valence-electron chi connectivity index (χ4n) is 2.55. The topological polar surface area (TPSA) is 55.0 Å². The van der Waals surface area contributed by atoms with Gasteiger partial charge in [0.15, 0.2) is 6.61 Å². The SMILES string of the molecule is N#CCOc1cccc2ccn(Cc3cccc(C=O)c3)c12.